The molecule has 0 amide bonds. The summed E-state index contributed by atoms with van der Waals surface area (Å²) in [4.78, 5) is 10.7. The van der Waals surface area contributed by atoms with Gasteiger partial charge in [-0.05, 0) is 31.1 Å². The Morgan fingerprint density at radius 2 is 2.44 bits per heavy atom. The first-order valence-corrected chi connectivity index (χ1v) is 7.39. The number of nitrogens with one attached hydrogen (secondary N) is 1. The third kappa shape index (κ3) is 3.53. The summed E-state index contributed by atoms with van der Waals surface area (Å²) in [6, 6.07) is 2.12. The zero-order valence-electron chi connectivity index (χ0n) is 10.5. The average molecular weight is 269 g/mol. The van der Waals surface area contributed by atoms with E-state index in [1.165, 1.54) is 31.3 Å². The predicted molar refractivity (Wildman–Crippen MR) is 72.1 cm³/mol. The van der Waals surface area contributed by atoms with Crippen LogP contribution in [0, 0.1) is 0 Å². The van der Waals surface area contributed by atoms with Crippen LogP contribution in [-0.4, -0.2) is 28.1 Å². The summed E-state index contributed by atoms with van der Waals surface area (Å²) in [6.45, 7) is 2.81. The maximum atomic E-state index is 10.7. The van der Waals surface area contributed by atoms with Crippen LogP contribution in [0.5, 0.6) is 0 Å². The smallest absolute Gasteiger partial charge is 0.338 e. The minimum Gasteiger partial charge on any atom is -0.478 e. The Labute approximate surface area is 111 Å². The molecule has 2 atom stereocenters. The second-order valence-corrected chi connectivity index (χ2v) is 6.15. The molecule has 1 heterocycles. The number of carboxylic acid groups (broad SMARTS) is 1. The van der Waals surface area contributed by atoms with E-state index in [0.29, 0.717) is 18.3 Å². The van der Waals surface area contributed by atoms with Gasteiger partial charge in [-0.15, -0.1) is 0 Å². The molecule has 0 saturated heterocycles. The molecule has 1 fully saturated rings. The van der Waals surface area contributed by atoms with Crippen molar-refractivity contribution >= 4 is 17.7 Å². The zero-order valence-corrected chi connectivity index (χ0v) is 11.3. The van der Waals surface area contributed by atoms with Crippen LogP contribution in [-0.2, 0) is 6.54 Å². The molecule has 18 heavy (non-hydrogen) atoms. The fourth-order valence-electron chi connectivity index (χ4n) is 2.34. The van der Waals surface area contributed by atoms with Gasteiger partial charge in [0.05, 0.1) is 12.1 Å². The summed E-state index contributed by atoms with van der Waals surface area (Å²) in [5.74, 6) is 0.932. The Bertz CT molecular complexity index is 405. The highest BCUT2D eigenvalue weighted by Gasteiger charge is 2.24. The Balaban J connectivity index is 1.76. The maximum Gasteiger partial charge on any atom is 0.338 e. The number of hydrogen-bond donors (Lipinski definition) is 2. The lowest BCUT2D eigenvalue weighted by Crippen LogP contribution is -2.25. The van der Waals surface area contributed by atoms with Gasteiger partial charge in [0.1, 0.15) is 12.0 Å². The van der Waals surface area contributed by atoms with Crippen LogP contribution in [0.1, 0.15) is 42.3 Å². The van der Waals surface area contributed by atoms with Crippen LogP contribution in [0.3, 0.4) is 0 Å². The van der Waals surface area contributed by atoms with E-state index in [9.17, 15) is 4.79 Å². The van der Waals surface area contributed by atoms with Crippen LogP contribution in [0.4, 0.5) is 0 Å². The number of carboxylic acids is 1. The number of furan rings is 1. The van der Waals surface area contributed by atoms with Crippen LogP contribution < -0.4 is 5.32 Å². The molecular formula is C13H19NO3S. The van der Waals surface area contributed by atoms with Gasteiger partial charge in [-0.1, -0.05) is 6.92 Å². The number of thioether (sulfide) groups is 1. The highest BCUT2D eigenvalue weighted by Crippen LogP contribution is 2.29. The fourth-order valence-corrected chi connectivity index (χ4v) is 3.49. The molecule has 2 unspecified atom stereocenters. The third-order valence-corrected chi connectivity index (χ3v) is 4.49. The molecule has 1 saturated carbocycles. The molecule has 1 aromatic heterocycles. The largest absolute Gasteiger partial charge is 0.478 e. The first kappa shape index (κ1) is 13.5. The lowest BCUT2D eigenvalue weighted by atomic mass is 10.2. The van der Waals surface area contributed by atoms with Gasteiger partial charge >= 0.3 is 5.97 Å². The van der Waals surface area contributed by atoms with Gasteiger partial charge in [-0.3, -0.25) is 0 Å². The van der Waals surface area contributed by atoms with E-state index in [1.54, 1.807) is 6.07 Å². The minimum atomic E-state index is -0.940. The molecule has 0 aromatic carbocycles. The predicted octanol–water partition coefficient (Wildman–Crippen LogP) is 2.74. The summed E-state index contributed by atoms with van der Waals surface area (Å²) in [5, 5.41) is 13.0. The van der Waals surface area contributed by atoms with Crippen molar-refractivity contribution in [3.05, 3.63) is 23.7 Å². The van der Waals surface area contributed by atoms with E-state index in [-0.39, 0.29) is 5.56 Å². The summed E-state index contributed by atoms with van der Waals surface area (Å²) >= 11 is 2.03. The molecule has 1 aromatic rings. The molecule has 0 spiro atoms. The summed E-state index contributed by atoms with van der Waals surface area (Å²) in [6.07, 6.45) is 4.97. The molecule has 0 aliphatic heterocycles. The van der Waals surface area contributed by atoms with E-state index in [4.69, 9.17) is 9.52 Å². The highest BCUT2D eigenvalue weighted by molar-refractivity contribution is 7.99. The van der Waals surface area contributed by atoms with Crippen molar-refractivity contribution < 1.29 is 14.3 Å². The molecule has 4 nitrogen and oxygen atoms in total. The second-order valence-electron chi connectivity index (χ2n) is 4.58. The lowest BCUT2D eigenvalue weighted by molar-refractivity contribution is 0.0696. The van der Waals surface area contributed by atoms with Crippen molar-refractivity contribution in [3.8, 4) is 0 Å². The SMILES string of the molecule is CCSC1CCC(NCc2cc(C(=O)O)co2)C1. The standard InChI is InChI=1S/C13H19NO3S/c1-2-18-12-4-3-10(6-12)14-7-11-5-9(8-17-11)13(15)16/h5,8,10,12,14H,2-4,6-7H2,1H3,(H,15,16). The summed E-state index contributed by atoms with van der Waals surface area (Å²) in [5.41, 5.74) is 0.220. The van der Waals surface area contributed by atoms with Gasteiger partial charge in [0.15, 0.2) is 0 Å². The van der Waals surface area contributed by atoms with Gasteiger partial charge in [-0.25, -0.2) is 4.79 Å². The quantitative estimate of drug-likeness (QED) is 0.831. The van der Waals surface area contributed by atoms with E-state index >= 15 is 0 Å². The van der Waals surface area contributed by atoms with E-state index in [0.717, 1.165) is 5.25 Å². The van der Waals surface area contributed by atoms with Crippen molar-refractivity contribution in [2.45, 2.75) is 44.0 Å². The second kappa shape index (κ2) is 6.29. The van der Waals surface area contributed by atoms with Gasteiger partial charge in [0.25, 0.3) is 0 Å². The van der Waals surface area contributed by atoms with Crippen LogP contribution >= 0.6 is 11.8 Å². The summed E-state index contributed by atoms with van der Waals surface area (Å²) in [7, 11) is 0. The number of carbonyl (C=O) groups is 1. The number of aromatic carboxylic acids is 1. The molecule has 1 aliphatic rings. The molecule has 5 heteroatoms. The minimum absolute atomic E-state index is 0.220. The Morgan fingerprint density at radius 1 is 1.61 bits per heavy atom. The van der Waals surface area contributed by atoms with E-state index in [1.807, 2.05) is 11.8 Å². The Kier molecular flexibility index (Phi) is 4.72. The van der Waals surface area contributed by atoms with Crippen molar-refractivity contribution in [1.29, 1.82) is 0 Å². The first-order chi connectivity index (χ1) is 8.69. The molecule has 0 radical (unpaired) electrons. The Hall–Kier alpha value is -0.940. The van der Waals surface area contributed by atoms with E-state index in [2.05, 4.69) is 12.2 Å². The van der Waals surface area contributed by atoms with E-state index < -0.39 is 5.97 Å². The molecular weight excluding hydrogens is 250 g/mol. The molecule has 100 valence electrons. The first-order valence-electron chi connectivity index (χ1n) is 6.34. The topological polar surface area (TPSA) is 62.5 Å². The van der Waals surface area contributed by atoms with Crippen molar-refractivity contribution in [3.63, 3.8) is 0 Å². The zero-order chi connectivity index (χ0) is 13.0. The molecule has 2 rings (SSSR count). The Morgan fingerprint density at radius 3 is 3.11 bits per heavy atom. The number of hydrogen-bond acceptors (Lipinski definition) is 4. The lowest BCUT2D eigenvalue weighted by Gasteiger charge is -2.11. The molecule has 1 aliphatic carbocycles. The van der Waals surface area contributed by atoms with Crippen LogP contribution in [0.25, 0.3) is 0 Å². The van der Waals surface area contributed by atoms with Crippen molar-refractivity contribution in [2.75, 3.05) is 5.75 Å². The highest BCUT2D eigenvalue weighted by atomic mass is 32.2. The molecule has 0 bridgehead atoms. The average Bonchev–Trinajstić information content (AvgIpc) is 2.95. The third-order valence-electron chi connectivity index (χ3n) is 3.25. The monoisotopic (exact) mass is 269 g/mol. The van der Waals surface area contributed by atoms with Gasteiger partial charge in [0, 0.05) is 11.3 Å². The number of rotatable bonds is 6. The van der Waals surface area contributed by atoms with Gasteiger partial charge in [-0.2, -0.15) is 11.8 Å². The normalized spacial score (nSPS) is 23.4. The van der Waals surface area contributed by atoms with Crippen molar-refractivity contribution in [2.24, 2.45) is 0 Å². The summed E-state index contributed by atoms with van der Waals surface area (Å²) < 4.78 is 5.21. The van der Waals surface area contributed by atoms with Crippen LogP contribution in [0.15, 0.2) is 16.7 Å². The van der Waals surface area contributed by atoms with Gasteiger partial charge in [0.2, 0.25) is 0 Å². The fraction of sp³-hybridized carbons (Fsp3) is 0.615. The maximum absolute atomic E-state index is 10.7. The van der Waals surface area contributed by atoms with Crippen LogP contribution in [0.2, 0.25) is 0 Å². The van der Waals surface area contributed by atoms with Crippen molar-refractivity contribution in [1.82, 2.24) is 5.32 Å². The molecule has 2 N–H and O–H groups in total. The van der Waals surface area contributed by atoms with Gasteiger partial charge < -0.3 is 14.8 Å².